The Kier molecular flexibility index (Phi) is 3.71. The van der Waals surface area contributed by atoms with Crippen molar-refractivity contribution < 1.29 is 18.3 Å². The zero-order valence-electron chi connectivity index (χ0n) is 12.3. The van der Waals surface area contributed by atoms with Crippen LogP contribution in [0.2, 0.25) is 0 Å². The Morgan fingerprint density at radius 1 is 1.17 bits per heavy atom. The maximum absolute atomic E-state index is 13.5. The van der Waals surface area contributed by atoms with Gasteiger partial charge < -0.3 is 14.8 Å². The predicted molar refractivity (Wildman–Crippen MR) is 83.2 cm³/mol. The largest absolute Gasteiger partial charge is 0.586 e. The fourth-order valence-electron chi connectivity index (χ4n) is 3.16. The standard InChI is InChI=1S/C16H16F2N2O2S/c17-16(18)21-13-3-1-2-12(15(13)22-16)14(11-4-9-23-10-11)20-7-5-19-6-8-20/h1-4,9-10,14,19H,5-8H2/t14-/m0/s1. The molecule has 1 aromatic carbocycles. The Labute approximate surface area is 136 Å². The van der Waals surface area contributed by atoms with Gasteiger partial charge in [-0.3, -0.25) is 4.90 Å². The first kappa shape index (κ1) is 14.9. The van der Waals surface area contributed by atoms with E-state index < -0.39 is 6.29 Å². The van der Waals surface area contributed by atoms with Gasteiger partial charge in [-0.25, -0.2) is 0 Å². The Morgan fingerprint density at radius 2 is 2.00 bits per heavy atom. The summed E-state index contributed by atoms with van der Waals surface area (Å²) in [5, 5.41) is 7.37. The van der Waals surface area contributed by atoms with Crippen LogP contribution in [0.4, 0.5) is 8.78 Å². The molecule has 122 valence electrons. The molecular formula is C16H16F2N2O2S. The second kappa shape index (κ2) is 5.74. The van der Waals surface area contributed by atoms with E-state index in [9.17, 15) is 8.78 Å². The van der Waals surface area contributed by atoms with Gasteiger partial charge in [0.1, 0.15) is 0 Å². The molecule has 0 unspecified atom stereocenters. The zero-order chi connectivity index (χ0) is 15.9. The van der Waals surface area contributed by atoms with Crippen molar-refractivity contribution in [3.05, 3.63) is 46.2 Å². The van der Waals surface area contributed by atoms with Crippen LogP contribution < -0.4 is 14.8 Å². The smallest absolute Gasteiger partial charge is 0.395 e. The fraction of sp³-hybridized carbons (Fsp3) is 0.375. The van der Waals surface area contributed by atoms with Gasteiger partial charge in [-0.2, -0.15) is 11.3 Å². The summed E-state index contributed by atoms with van der Waals surface area (Å²) in [5.74, 6) is 0.245. The molecule has 1 aromatic heterocycles. The average Bonchev–Trinajstić information content (AvgIpc) is 3.15. The topological polar surface area (TPSA) is 33.7 Å². The van der Waals surface area contributed by atoms with E-state index >= 15 is 0 Å². The first-order valence-electron chi connectivity index (χ1n) is 7.50. The minimum atomic E-state index is -3.60. The molecule has 0 amide bonds. The maximum atomic E-state index is 13.5. The molecule has 2 aliphatic heterocycles. The van der Waals surface area contributed by atoms with Crippen molar-refractivity contribution in [1.82, 2.24) is 10.2 Å². The summed E-state index contributed by atoms with van der Waals surface area (Å²) >= 11 is 1.60. The van der Waals surface area contributed by atoms with Crippen LogP contribution in [0.25, 0.3) is 0 Å². The number of halogens is 2. The summed E-state index contributed by atoms with van der Waals surface area (Å²) < 4.78 is 36.4. The highest BCUT2D eigenvalue weighted by atomic mass is 32.1. The van der Waals surface area contributed by atoms with Crippen LogP contribution in [0.1, 0.15) is 17.2 Å². The molecule has 1 atom stereocenters. The van der Waals surface area contributed by atoms with Crippen molar-refractivity contribution in [2.24, 2.45) is 0 Å². The summed E-state index contributed by atoms with van der Waals surface area (Å²) in [4.78, 5) is 2.29. The molecule has 0 spiro atoms. The minimum Gasteiger partial charge on any atom is -0.395 e. The number of thiophene rings is 1. The number of benzene rings is 1. The molecule has 3 heterocycles. The average molecular weight is 338 g/mol. The van der Waals surface area contributed by atoms with Crippen molar-refractivity contribution in [2.45, 2.75) is 12.3 Å². The lowest BCUT2D eigenvalue weighted by Crippen LogP contribution is -2.45. The number of hydrogen-bond acceptors (Lipinski definition) is 5. The Bertz CT molecular complexity index is 687. The van der Waals surface area contributed by atoms with Crippen LogP contribution in [-0.2, 0) is 0 Å². The van der Waals surface area contributed by atoms with Gasteiger partial charge in [-0.15, -0.1) is 8.78 Å². The van der Waals surface area contributed by atoms with Crippen molar-refractivity contribution in [1.29, 1.82) is 0 Å². The van der Waals surface area contributed by atoms with Gasteiger partial charge in [0, 0.05) is 31.7 Å². The highest BCUT2D eigenvalue weighted by molar-refractivity contribution is 7.08. The van der Waals surface area contributed by atoms with Gasteiger partial charge in [0.15, 0.2) is 11.5 Å². The van der Waals surface area contributed by atoms with Crippen LogP contribution in [0.5, 0.6) is 11.5 Å². The zero-order valence-corrected chi connectivity index (χ0v) is 13.1. The number of piperazine rings is 1. The molecule has 4 nitrogen and oxygen atoms in total. The second-order valence-corrected chi connectivity index (χ2v) is 6.37. The van der Waals surface area contributed by atoms with Crippen molar-refractivity contribution in [2.75, 3.05) is 26.2 Å². The summed E-state index contributed by atoms with van der Waals surface area (Å²) in [7, 11) is 0. The molecule has 1 fully saturated rings. The summed E-state index contributed by atoms with van der Waals surface area (Å²) in [6.07, 6.45) is -3.60. The van der Waals surface area contributed by atoms with Gasteiger partial charge in [0.2, 0.25) is 0 Å². The van der Waals surface area contributed by atoms with E-state index in [2.05, 4.69) is 20.3 Å². The highest BCUT2D eigenvalue weighted by Crippen LogP contribution is 2.47. The third-order valence-corrected chi connectivity index (χ3v) is 4.83. The van der Waals surface area contributed by atoms with Crippen molar-refractivity contribution in [3.63, 3.8) is 0 Å². The van der Waals surface area contributed by atoms with E-state index in [0.29, 0.717) is 0 Å². The maximum Gasteiger partial charge on any atom is 0.586 e. The predicted octanol–water partition coefficient (Wildman–Crippen LogP) is 3.06. The lowest BCUT2D eigenvalue weighted by atomic mass is 9.97. The first-order chi connectivity index (χ1) is 11.1. The number of fused-ring (bicyclic) bond motifs is 1. The van der Waals surface area contributed by atoms with Gasteiger partial charge in [0.05, 0.1) is 6.04 Å². The summed E-state index contributed by atoms with van der Waals surface area (Å²) in [6, 6.07) is 7.01. The van der Waals surface area contributed by atoms with Gasteiger partial charge in [-0.05, 0) is 28.5 Å². The number of para-hydroxylation sites is 1. The van der Waals surface area contributed by atoms with E-state index in [0.717, 1.165) is 37.3 Å². The number of ether oxygens (including phenoxy) is 2. The van der Waals surface area contributed by atoms with Crippen molar-refractivity contribution in [3.8, 4) is 11.5 Å². The molecule has 23 heavy (non-hydrogen) atoms. The number of nitrogens with zero attached hydrogens (tertiary/aromatic N) is 1. The molecular weight excluding hydrogens is 322 g/mol. The van der Waals surface area contributed by atoms with Gasteiger partial charge in [0.25, 0.3) is 0 Å². The highest BCUT2D eigenvalue weighted by Gasteiger charge is 2.45. The molecule has 1 N–H and O–H groups in total. The lowest BCUT2D eigenvalue weighted by Gasteiger charge is -2.35. The summed E-state index contributed by atoms with van der Waals surface area (Å²) in [6.45, 7) is 3.45. The molecule has 1 saturated heterocycles. The van der Waals surface area contributed by atoms with Gasteiger partial charge >= 0.3 is 6.29 Å². The van der Waals surface area contributed by atoms with Gasteiger partial charge in [-0.1, -0.05) is 12.1 Å². The Hall–Kier alpha value is -1.70. The molecule has 2 aromatic rings. The molecule has 0 aliphatic carbocycles. The third kappa shape index (κ3) is 2.80. The fourth-order valence-corrected chi connectivity index (χ4v) is 3.84. The SMILES string of the molecule is FC1(F)Oc2cccc([C@H](c3ccsc3)N3CCNCC3)c2O1. The Morgan fingerprint density at radius 3 is 2.74 bits per heavy atom. The van der Waals surface area contributed by atoms with Crippen LogP contribution in [-0.4, -0.2) is 37.4 Å². The third-order valence-electron chi connectivity index (χ3n) is 4.13. The normalized spacial score (nSPS) is 21.3. The summed E-state index contributed by atoms with van der Waals surface area (Å²) in [5.41, 5.74) is 1.81. The van der Waals surface area contributed by atoms with Crippen LogP contribution in [0.15, 0.2) is 35.0 Å². The van der Waals surface area contributed by atoms with Crippen LogP contribution in [0, 0.1) is 0 Å². The van der Waals surface area contributed by atoms with Crippen LogP contribution >= 0.6 is 11.3 Å². The molecule has 7 heteroatoms. The van der Waals surface area contributed by atoms with E-state index in [1.165, 1.54) is 6.07 Å². The first-order valence-corrected chi connectivity index (χ1v) is 8.44. The molecule has 2 aliphatic rings. The lowest BCUT2D eigenvalue weighted by molar-refractivity contribution is -0.287. The van der Waals surface area contributed by atoms with E-state index in [1.54, 1.807) is 17.4 Å². The number of hydrogen-bond donors (Lipinski definition) is 1. The van der Waals surface area contributed by atoms with E-state index in [-0.39, 0.29) is 17.5 Å². The molecule has 0 saturated carbocycles. The Balaban J connectivity index is 1.78. The van der Waals surface area contributed by atoms with Crippen LogP contribution in [0.3, 0.4) is 0 Å². The van der Waals surface area contributed by atoms with E-state index in [1.807, 2.05) is 17.5 Å². The number of nitrogens with one attached hydrogen (secondary N) is 1. The quantitative estimate of drug-likeness (QED) is 0.933. The molecule has 0 bridgehead atoms. The monoisotopic (exact) mass is 338 g/mol. The molecule has 4 rings (SSSR count). The second-order valence-electron chi connectivity index (χ2n) is 5.59. The number of alkyl halides is 2. The number of rotatable bonds is 3. The minimum absolute atomic E-state index is 0.0999. The molecule has 0 radical (unpaired) electrons. The van der Waals surface area contributed by atoms with Crippen molar-refractivity contribution >= 4 is 11.3 Å². The van der Waals surface area contributed by atoms with E-state index in [4.69, 9.17) is 4.74 Å².